The number of nitrogens with one attached hydrogen (secondary N) is 1. The van der Waals surface area contributed by atoms with Gasteiger partial charge in [0.25, 0.3) is 0 Å². The second-order valence-electron chi connectivity index (χ2n) is 4.18. The van der Waals surface area contributed by atoms with Crippen LogP contribution in [0.4, 0.5) is 5.69 Å². The lowest BCUT2D eigenvalue weighted by molar-refractivity contribution is 0.0697. The fourth-order valence-corrected chi connectivity index (χ4v) is 1.42. The molecular weight excluding hydrogens is 220 g/mol. The number of carbonyl (C=O) groups is 1. The zero-order valence-electron chi connectivity index (χ0n) is 10.1. The summed E-state index contributed by atoms with van der Waals surface area (Å²) in [6.07, 6.45) is 2.15. The average molecular weight is 238 g/mol. The number of carboxylic acid groups (broad SMARTS) is 1. The van der Waals surface area contributed by atoms with E-state index >= 15 is 0 Å². The van der Waals surface area contributed by atoms with Gasteiger partial charge in [-0.2, -0.15) is 0 Å². The Kier molecular flexibility index (Phi) is 4.90. The molecule has 94 valence electrons. The third-order valence-corrected chi connectivity index (χ3v) is 2.54. The molecule has 1 unspecified atom stereocenters. The van der Waals surface area contributed by atoms with Crippen molar-refractivity contribution in [3.63, 3.8) is 0 Å². The predicted molar refractivity (Wildman–Crippen MR) is 65.3 cm³/mol. The highest BCUT2D eigenvalue weighted by Gasteiger charge is 2.10. The van der Waals surface area contributed by atoms with Crippen molar-refractivity contribution >= 4 is 11.7 Å². The molecule has 0 fully saturated rings. The van der Waals surface area contributed by atoms with Crippen molar-refractivity contribution in [2.45, 2.75) is 20.3 Å². The third kappa shape index (κ3) is 4.03. The molecule has 0 aliphatic heterocycles. The monoisotopic (exact) mass is 238 g/mol. The van der Waals surface area contributed by atoms with Gasteiger partial charge in [-0.05, 0) is 25.3 Å². The molecule has 1 aromatic rings. The highest BCUT2D eigenvalue weighted by atomic mass is 16.4. The van der Waals surface area contributed by atoms with Gasteiger partial charge in [0.2, 0.25) is 0 Å². The number of anilines is 1. The maximum absolute atomic E-state index is 11.0. The van der Waals surface area contributed by atoms with Gasteiger partial charge in [0.05, 0.1) is 5.69 Å². The Morgan fingerprint density at radius 2 is 2.29 bits per heavy atom. The summed E-state index contributed by atoms with van der Waals surface area (Å²) in [5.41, 5.74) is 1.52. The van der Waals surface area contributed by atoms with E-state index in [1.165, 1.54) is 6.20 Å². The summed E-state index contributed by atoms with van der Waals surface area (Å²) in [6.45, 7) is 4.53. The van der Waals surface area contributed by atoms with Crippen LogP contribution < -0.4 is 5.32 Å². The molecule has 0 saturated carbocycles. The van der Waals surface area contributed by atoms with Gasteiger partial charge in [-0.1, -0.05) is 6.92 Å². The fourth-order valence-electron chi connectivity index (χ4n) is 1.42. The maximum atomic E-state index is 11.0. The number of nitrogens with zero attached hydrogens (tertiary/aromatic N) is 1. The molecule has 5 heteroatoms. The van der Waals surface area contributed by atoms with Crippen LogP contribution >= 0.6 is 0 Å². The van der Waals surface area contributed by atoms with Crippen LogP contribution in [0.2, 0.25) is 0 Å². The molecule has 0 spiro atoms. The predicted octanol–water partition coefficient (Wildman–Crippen LogP) is 1.52. The topological polar surface area (TPSA) is 82.5 Å². The minimum absolute atomic E-state index is 0.142. The van der Waals surface area contributed by atoms with Crippen LogP contribution in [0.15, 0.2) is 12.3 Å². The van der Waals surface area contributed by atoms with Gasteiger partial charge in [-0.3, -0.25) is 4.98 Å². The molecule has 3 N–H and O–H groups in total. The largest absolute Gasteiger partial charge is 0.478 e. The molecule has 1 atom stereocenters. The fraction of sp³-hybridized carbons (Fsp3) is 0.500. The van der Waals surface area contributed by atoms with E-state index in [0.717, 1.165) is 12.1 Å². The number of hydrogen-bond acceptors (Lipinski definition) is 4. The Labute approximate surface area is 101 Å². The lowest BCUT2D eigenvalue weighted by Gasteiger charge is -2.12. The number of aliphatic hydroxyl groups is 1. The summed E-state index contributed by atoms with van der Waals surface area (Å²) in [5, 5.41) is 20.9. The van der Waals surface area contributed by atoms with Crippen LogP contribution in [0.5, 0.6) is 0 Å². The summed E-state index contributed by atoms with van der Waals surface area (Å²) in [7, 11) is 0. The molecule has 1 heterocycles. The van der Waals surface area contributed by atoms with Crippen molar-refractivity contribution in [1.29, 1.82) is 0 Å². The molecular formula is C12H18N2O3. The molecule has 0 bridgehead atoms. The van der Waals surface area contributed by atoms with Crippen LogP contribution in [0, 0.1) is 12.8 Å². The normalized spacial score (nSPS) is 12.2. The molecule has 5 nitrogen and oxygen atoms in total. The van der Waals surface area contributed by atoms with Crippen LogP contribution in [0.1, 0.15) is 29.4 Å². The lowest BCUT2D eigenvalue weighted by atomic mass is 10.1. The summed E-state index contributed by atoms with van der Waals surface area (Å²) in [5.74, 6) is -0.783. The molecule has 0 radical (unpaired) electrons. The highest BCUT2D eigenvalue weighted by molar-refractivity contribution is 5.93. The van der Waals surface area contributed by atoms with Crippen molar-refractivity contribution < 1.29 is 15.0 Å². The van der Waals surface area contributed by atoms with Crippen LogP contribution in [-0.2, 0) is 0 Å². The summed E-state index contributed by atoms with van der Waals surface area (Å²) < 4.78 is 0. The summed E-state index contributed by atoms with van der Waals surface area (Å²) in [6, 6.07) is 1.72. The van der Waals surface area contributed by atoms with E-state index in [-0.39, 0.29) is 18.1 Å². The SMILES string of the molecule is Cc1cc(NCCC(C)CO)c(C(=O)O)cn1. The summed E-state index contributed by atoms with van der Waals surface area (Å²) >= 11 is 0. The average Bonchev–Trinajstić information content (AvgIpc) is 2.28. The molecule has 0 amide bonds. The molecule has 1 rings (SSSR count). The van der Waals surface area contributed by atoms with Crippen LogP contribution in [-0.4, -0.2) is 34.3 Å². The zero-order chi connectivity index (χ0) is 12.8. The second-order valence-corrected chi connectivity index (χ2v) is 4.18. The Bertz CT molecular complexity index is 393. The minimum Gasteiger partial charge on any atom is -0.478 e. The first-order chi connectivity index (χ1) is 8.04. The van der Waals surface area contributed by atoms with Crippen molar-refractivity contribution in [1.82, 2.24) is 4.98 Å². The van der Waals surface area contributed by atoms with E-state index < -0.39 is 5.97 Å². The van der Waals surface area contributed by atoms with Gasteiger partial charge in [0.15, 0.2) is 0 Å². The van der Waals surface area contributed by atoms with Gasteiger partial charge in [-0.15, -0.1) is 0 Å². The van der Waals surface area contributed by atoms with Crippen molar-refractivity contribution in [2.75, 3.05) is 18.5 Å². The first-order valence-electron chi connectivity index (χ1n) is 5.59. The standard InChI is InChI=1S/C12H18N2O3/c1-8(7-15)3-4-13-11-5-9(2)14-6-10(11)12(16)17/h5-6,8,15H,3-4,7H2,1-2H3,(H,13,14)(H,16,17). The van der Waals surface area contributed by atoms with E-state index in [2.05, 4.69) is 10.3 Å². The van der Waals surface area contributed by atoms with E-state index in [9.17, 15) is 4.79 Å². The van der Waals surface area contributed by atoms with E-state index in [0.29, 0.717) is 12.2 Å². The Morgan fingerprint density at radius 3 is 2.88 bits per heavy atom. The number of hydrogen-bond donors (Lipinski definition) is 3. The molecule has 17 heavy (non-hydrogen) atoms. The third-order valence-electron chi connectivity index (χ3n) is 2.54. The summed E-state index contributed by atoms with van der Waals surface area (Å²) in [4.78, 5) is 14.9. The van der Waals surface area contributed by atoms with Gasteiger partial charge < -0.3 is 15.5 Å². The first-order valence-corrected chi connectivity index (χ1v) is 5.59. The number of aromatic nitrogens is 1. The van der Waals surface area contributed by atoms with Crippen molar-refractivity contribution in [3.8, 4) is 0 Å². The number of carboxylic acids is 1. The van der Waals surface area contributed by atoms with Gasteiger partial charge >= 0.3 is 5.97 Å². The Morgan fingerprint density at radius 1 is 1.59 bits per heavy atom. The molecule has 1 aromatic heterocycles. The maximum Gasteiger partial charge on any atom is 0.339 e. The number of rotatable bonds is 6. The van der Waals surface area contributed by atoms with Crippen molar-refractivity contribution in [2.24, 2.45) is 5.92 Å². The van der Waals surface area contributed by atoms with E-state index in [4.69, 9.17) is 10.2 Å². The van der Waals surface area contributed by atoms with E-state index in [1.807, 2.05) is 13.8 Å². The van der Waals surface area contributed by atoms with E-state index in [1.54, 1.807) is 6.07 Å². The van der Waals surface area contributed by atoms with Gasteiger partial charge in [0.1, 0.15) is 5.56 Å². The molecule has 0 aliphatic rings. The van der Waals surface area contributed by atoms with Crippen LogP contribution in [0.3, 0.4) is 0 Å². The number of aryl methyl sites for hydroxylation is 1. The van der Waals surface area contributed by atoms with Crippen molar-refractivity contribution in [3.05, 3.63) is 23.5 Å². The highest BCUT2D eigenvalue weighted by Crippen LogP contribution is 2.16. The van der Waals surface area contributed by atoms with Gasteiger partial charge in [0, 0.05) is 25.0 Å². The number of aromatic carboxylic acids is 1. The first kappa shape index (κ1) is 13.4. The molecule has 0 saturated heterocycles. The van der Waals surface area contributed by atoms with Gasteiger partial charge in [-0.25, -0.2) is 4.79 Å². The Hall–Kier alpha value is -1.62. The van der Waals surface area contributed by atoms with Crippen LogP contribution in [0.25, 0.3) is 0 Å². The number of pyridine rings is 1. The minimum atomic E-state index is -0.991. The zero-order valence-corrected chi connectivity index (χ0v) is 10.1. The second kappa shape index (κ2) is 6.20. The molecule has 0 aliphatic carbocycles. The molecule has 0 aromatic carbocycles. The Balaban J connectivity index is 2.68. The quantitative estimate of drug-likeness (QED) is 0.700. The lowest BCUT2D eigenvalue weighted by Crippen LogP contribution is -2.12. The number of aliphatic hydroxyl groups excluding tert-OH is 1. The smallest absolute Gasteiger partial charge is 0.339 e.